The monoisotopic (exact) mass is 283 g/mol. The second-order valence-electron chi connectivity index (χ2n) is 6.75. The number of hydrogen-bond acceptors (Lipinski definition) is 2. The molecule has 2 fully saturated rings. The molecule has 4 atom stereocenters. The molecule has 3 nitrogen and oxygen atoms in total. The minimum absolute atomic E-state index is 0.335. The minimum Gasteiger partial charge on any atom is -0.315 e. The molecule has 3 heterocycles. The molecule has 4 rings (SSSR count). The summed E-state index contributed by atoms with van der Waals surface area (Å²) in [6, 6.07) is 10.4. The number of carbonyl (C=O) groups excluding carboxylic acids is 1. The summed E-state index contributed by atoms with van der Waals surface area (Å²) < 4.78 is 0.664. The van der Waals surface area contributed by atoms with Crippen LogP contribution < -0.4 is 5.32 Å². The number of carbonyl (C=O) groups is 1. The maximum absolute atomic E-state index is 13.3. The molecule has 1 aromatic rings. The molecule has 21 heavy (non-hydrogen) atoms. The van der Waals surface area contributed by atoms with Crippen LogP contribution in [0.5, 0.6) is 0 Å². The number of hydrogen-bond donors (Lipinski definition) is 1. The third kappa shape index (κ3) is 1.99. The molecule has 1 N–H and O–H groups in total. The van der Waals surface area contributed by atoms with Gasteiger partial charge in [-0.15, -0.1) is 0 Å². The van der Waals surface area contributed by atoms with E-state index in [0.717, 1.165) is 31.7 Å². The van der Waals surface area contributed by atoms with E-state index >= 15 is 0 Å². The summed E-state index contributed by atoms with van der Waals surface area (Å²) in [5.74, 6) is 1.50. The molecule has 0 bridgehead atoms. The molecule has 3 aliphatic heterocycles. The Hall–Kier alpha value is -1.45. The molecule has 0 aliphatic carbocycles. The molecule has 4 unspecified atom stereocenters. The van der Waals surface area contributed by atoms with Gasteiger partial charge in [0.2, 0.25) is 0 Å². The standard InChI is InChI=1S/C18H23N2O/c21-18(14-6-2-1-3-7-14)20-10-4-8-15-12-19-13-16(17(15)20)9-5-11-20/h1-4,6-8,15-17,19H,5,9-13H2/q+1. The van der Waals surface area contributed by atoms with Crippen molar-refractivity contribution in [2.24, 2.45) is 11.8 Å². The van der Waals surface area contributed by atoms with Gasteiger partial charge in [0.1, 0.15) is 12.6 Å². The number of piperidine rings is 2. The van der Waals surface area contributed by atoms with Gasteiger partial charge >= 0.3 is 5.91 Å². The van der Waals surface area contributed by atoms with Crippen LogP contribution in [0.25, 0.3) is 0 Å². The Bertz CT molecular complexity index is 566. The number of amides is 1. The number of benzene rings is 1. The number of quaternary nitrogens is 1. The van der Waals surface area contributed by atoms with Gasteiger partial charge in [0.25, 0.3) is 0 Å². The normalized spacial score (nSPS) is 37.8. The largest absolute Gasteiger partial charge is 0.346 e. The quantitative estimate of drug-likeness (QED) is 0.632. The average Bonchev–Trinajstić information content (AvgIpc) is 2.56. The SMILES string of the molecule is O=C(c1ccccc1)[N+]12CC=CC3CNCC(CCC1)C32. The maximum atomic E-state index is 13.3. The van der Waals surface area contributed by atoms with E-state index in [1.807, 2.05) is 30.3 Å². The predicted octanol–water partition coefficient (Wildman–Crippen LogP) is 2.21. The third-order valence-corrected chi connectivity index (χ3v) is 5.65. The lowest BCUT2D eigenvalue weighted by atomic mass is 9.74. The fourth-order valence-corrected chi connectivity index (χ4v) is 4.83. The van der Waals surface area contributed by atoms with Gasteiger partial charge in [-0.25, -0.2) is 9.28 Å². The third-order valence-electron chi connectivity index (χ3n) is 5.65. The number of rotatable bonds is 1. The molecule has 0 radical (unpaired) electrons. The van der Waals surface area contributed by atoms with Crippen LogP contribution in [-0.4, -0.2) is 42.6 Å². The highest BCUT2D eigenvalue weighted by atomic mass is 16.2. The van der Waals surface area contributed by atoms with Crippen LogP contribution in [0.3, 0.4) is 0 Å². The maximum Gasteiger partial charge on any atom is 0.346 e. The summed E-state index contributed by atoms with van der Waals surface area (Å²) in [4.78, 5) is 13.3. The first-order valence-corrected chi connectivity index (χ1v) is 8.15. The zero-order chi connectivity index (χ0) is 14.3. The second kappa shape index (κ2) is 5.08. The van der Waals surface area contributed by atoms with Crippen molar-refractivity contribution in [3.8, 4) is 0 Å². The molecule has 3 heteroatoms. The van der Waals surface area contributed by atoms with Crippen molar-refractivity contribution in [3.63, 3.8) is 0 Å². The van der Waals surface area contributed by atoms with Crippen molar-refractivity contribution in [2.75, 3.05) is 26.2 Å². The lowest BCUT2D eigenvalue weighted by Crippen LogP contribution is -2.71. The highest BCUT2D eigenvalue weighted by Gasteiger charge is 2.55. The van der Waals surface area contributed by atoms with E-state index in [-0.39, 0.29) is 0 Å². The Balaban J connectivity index is 1.77. The molecule has 1 aromatic carbocycles. The van der Waals surface area contributed by atoms with Gasteiger partial charge < -0.3 is 5.32 Å². The molecule has 3 aliphatic rings. The van der Waals surface area contributed by atoms with Crippen LogP contribution >= 0.6 is 0 Å². The van der Waals surface area contributed by atoms with Crippen LogP contribution in [0.2, 0.25) is 0 Å². The average molecular weight is 283 g/mol. The predicted molar refractivity (Wildman–Crippen MR) is 82.8 cm³/mol. The molecule has 0 spiro atoms. The second-order valence-corrected chi connectivity index (χ2v) is 6.75. The number of nitrogens with zero attached hydrogens (tertiary/aromatic N) is 1. The van der Waals surface area contributed by atoms with Crippen LogP contribution in [0.1, 0.15) is 23.2 Å². The van der Waals surface area contributed by atoms with Crippen molar-refractivity contribution in [3.05, 3.63) is 48.0 Å². The summed E-state index contributed by atoms with van der Waals surface area (Å²) in [6.45, 7) is 4.00. The van der Waals surface area contributed by atoms with Crippen molar-refractivity contribution in [1.29, 1.82) is 0 Å². The lowest BCUT2D eigenvalue weighted by molar-refractivity contribution is -0.885. The van der Waals surface area contributed by atoms with Crippen molar-refractivity contribution in [2.45, 2.75) is 18.9 Å². The van der Waals surface area contributed by atoms with E-state index in [2.05, 4.69) is 17.5 Å². The molecule has 0 saturated carbocycles. The fraction of sp³-hybridized carbons (Fsp3) is 0.500. The molecule has 2 saturated heterocycles. The van der Waals surface area contributed by atoms with Crippen LogP contribution in [-0.2, 0) is 0 Å². The summed E-state index contributed by atoms with van der Waals surface area (Å²) in [5, 5.41) is 3.56. The highest BCUT2D eigenvalue weighted by Crippen LogP contribution is 2.41. The summed E-state index contributed by atoms with van der Waals surface area (Å²) in [6.07, 6.45) is 7.04. The van der Waals surface area contributed by atoms with E-state index in [9.17, 15) is 4.79 Å². The fourth-order valence-electron chi connectivity index (χ4n) is 4.83. The summed E-state index contributed by atoms with van der Waals surface area (Å²) in [5.41, 5.74) is 0.880. The zero-order valence-corrected chi connectivity index (χ0v) is 12.4. The molecule has 110 valence electrons. The Morgan fingerprint density at radius 3 is 2.90 bits per heavy atom. The molecular weight excluding hydrogens is 260 g/mol. The Labute approximate surface area is 126 Å². The smallest absolute Gasteiger partial charge is 0.315 e. The topological polar surface area (TPSA) is 29.1 Å². The Morgan fingerprint density at radius 1 is 1.19 bits per heavy atom. The van der Waals surface area contributed by atoms with E-state index in [4.69, 9.17) is 0 Å². The van der Waals surface area contributed by atoms with Gasteiger partial charge in [-0.1, -0.05) is 24.3 Å². The minimum atomic E-state index is 0.335. The van der Waals surface area contributed by atoms with Gasteiger partial charge in [0, 0.05) is 24.9 Å². The van der Waals surface area contributed by atoms with Crippen molar-refractivity contribution >= 4 is 5.91 Å². The Morgan fingerprint density at radius 2 is 2.05 bits per heavy atom. The van der Waals surface area contributed by atoms with Gasteiger partial charge in [-0.2, -0.15) is 0 Å². The molecule has 0 aromatic heterocycles. The summed E-state index contributed by atoms with van der Waals surface area (Å²) >= 11 is 0. The van der Waals surface area contributed by atoms with E-state index in [0.29, 0.717) is 28.3 Å². The highest BCUT2D eigenvalue weighted by molar-refractivity contribution is 5.89. The van der Waals surface area contributed by atoms with Crippen LogP contribution in [0.4, 0.5) is 0 Å². The van der Waals surface area contributed by atoms with E-state index < -0.39 is 0 Å². The molecule has 1 amide bonds. The first kappa shape index (κ1) is 13.2. The van der Waals surface area contributed by atoms with Gasteiger partial charge in [-0.05, 0) is 31.1 Å². The number of nitrogens with one attached hydrogen (secondary N) is 1. The van der Waals surface area contributed by atoms with Crippen molar-refractivity contribution < 1.29 is 9.28 Å². The van der Waals surface area contributed by atoms with Crippen LogP contribution in [0.15, 0.2) is 42.5 Å². The zero-order valence-electron chi connectivity index (χ0n) is 12.4. The van der Waals surface area contributed by atoms with Crippen LogP contribution in [0, 0.1) is 11.8 Å². The summed E-state index contributed by atoms with van der Waals surface area (Å²) in [7, 11) is 0. The first-order valence-electron chi connectivity index (χ1n) is 8.15. The van der Waals surface area contributed by atoms with E-state index in [1.165, 1.54) is 12.8 Å². The van der Waals surface area contributed by atoms with Gasteiger partial charge in [-0.3, -0.25) is 0 Å². The first-order chi connectivity index (χ1) is 10.3. The van der Waals surface area contributed by atoms with Gasteiger partial charge in [0.15, 0.2) is 0 Å². The molecular formula is C18H23N2O+. The van der Waals surface area contributed by atoms with E-state index in [1.54, 1.807) is 0 Å². The van der Waals surface area contributed by atoms with Crippen molar-refractivity contribution in [1.82, 2.24) is 5.32 Å². The van der Waals surface area contributed by atoms with Gasteiger partial charge in [0.05, 0.1) is 12.1 Å². The Kier molecular flexibility index (Phi) is 3.20. The lowest BCUT2D eigenvalue weighted by Gasteiger charge is -2.54.